The lowest BCUT2D eigenvalue weighted by atomic mass is 10.1. The minimum atomic E-state index is -0.564. The summed E-state index contributed by atoms with van der Waals surface area (Å²) in [5.74, 6) is -1.87. The molecule has 3 nitrogen and oxygen atoms in total. The van der Waals surface area contributed by atoms with Crippen molar-refractivity contribution in [2.24, 2.45) is 5.92 Å². The van der Waals surface area contributed by atoms with Crippen molar-refractivity contribution in [2.75, 3.05) is 20.1 Å². The molecule has 2 N–H and O–H groups in total. The maximum Gasteiger partial charge on any atom is 0.223 e. The summed E-state index contributed by atoms with van der Waals surface area (Å²) < 4.78 is 27.0. The third kappa shape index (κ3) is 2.67. The van der Waals surface area contributed by atoms with E-state index < -0.39 is 11.6 Å². The molecule has 0 radical (unpaired) electrons. The Labute approximate surface area is 105 Å². The van der Waals surface area contributed by atoms with Crippen LogP contribution in [0.15, 0.2) is 18.2 Å². The second-order valence-corrected chi connectivity index (χ2v) is 4.48. The van der Waals surface area contributed by atoms with Crippen molar-refractivity contribution in [3.63, 3.8) is 0 Å². The van der Waals surface area contributed by atoms with Crippen LogP contribution in [0.4, 0.5) is 8.78 Å². The van der Waals surface area contributed by atoms with Gasteiger partial charge in [-0.3, -0.25) is 4.79 Å². The Morgan fingerprint density at radius 1 is 1.33 bits per heavy atom. The Morgan fingerprint density at radius 2 is 2.00 bits per heavy atom. The predicted molar refractivity (Wildman–Crippen MR) is 64.1 cm³/mol. The summed E-state index contributed by atoms with van der Waals surface area (Å²) >= 11 is 0. The molecule has 1 aromatic carbocycles. The molecule has 2 rings (SSSR count). The van der Waals surface area contributed by atoms with Gasteiger partial charge in [-0.2, -0.15) is 0 Å². The lowest BCUT2D eigenvalue weighted by Gasteiger charge is -2.05. The van der Waals surface area contributed by atoms with E-state index in [0.717, 1.165) is 0 Å². The summed E-state index contributed by atoms with van der Waals surface area (Å²) in [5, 5.41) is 5.65. The third-order valence-corrected chi connectivity index (χ3v) is 3.17. The highest BCUT2D eigenvalue weighted by atomic mass is 19.1. The Morgan fingerprint density at radius 3 is 2.61 bits per heavy atom. The van der Waals surface area contributed by atoms with Crippen LogP contribution in [0.3, 0.4) is 0 Å². The Bertz CT molecular complexity index is 430. The van der Waals surface area contributed by atoms with Gasteiger partial charge in [-0.15, -0.1) is 0 Å². The van der Waals surface area contributed by atoms with Crippen molar-refractivity contribution in [3.05, 3.63) is 35.4 Å². The first-order valence-corrected chi connectivity index (χ1v) is 6.01. The molecule has 0 spiro atoms. The standard InChI is InChI=1S/C13H16F2N2O/c1-16-5-6-17-13(18)9-7-8(9)12-10(14)3-2-4-11(12)15/h2-4,8-9,16H,5-7H2,1H3,(H,17,18). The molecule has 1 fully saturated rings. The molecule has 1 saturated carbocycles. The van der Waals surface area contributed by atoms with Crippen LogP contribution in [-0.2, 0) is 4.79 Å². The summed E-state index contributed by atoms with van der Waals surface area (Å²) in [5.41, 5.74) is 0.0475. The number of amides is 1. The number of benzene rings is 1. The van der Waals surface area contributed by atoms with Crippen molar-refractivity contribution in [1.82, 2.24) is 10.6 Å². The first-order chi connectivity index (χ1) is 8.65. The Hall–Kier alpha value is -1.49. The van der Waals surface area contributed by atoms with Crippen molar-refractivity contribution in [3.8, 4) is 0 Å². The minimum absolute atomic E-state index is 0.0475. The molecule has 5 heteroatoms. The summed E-state index contributed by atoms with van der Waals surface area (Å²) in [6, 6.07) is 3.79. The SMILES string of the molecule is CNCCNC(=O)C1CC1c1c(F)cccc1F. The van der Waals surface area contributed by atoms with E-state index in [1.807, 2.05) is 0 Å². The van der Waals surface area contributed by atoms with E-state index >= 15 is 0 Å². The molecular formula is C13H16F2N2O. The van der Waals surface area contributed by atoms with Gasteiger partial charge in [0.15, 0.2) is 0 Å². The zero-order valence-electron chi connectivity index (χ0n) is 10.2. The van der Waals surface area contributed by atoms with Crippen molar-refractivity contribution in [2.45, 2.75) is 12.3 Å². The van der Waals surface area contributed by atoms with Gasteiger partial charge < -0.3 is 10.6 Å². The Kier molecular flexibility index (Phi) is 3.91. The van der Waals surface area contributed by atoms with E-state index in [1.165, 1.54) is 18.2 Å². The summed E-state index contributed by atoms with van der Waals surface area (Å²) in [7, 11) is 1.79. The van der Waals surface area contributed by atoms with E-state index in [4.69, 9.17) is 0 Å². The largest absolute Gasteiger partial charge is 0.355 e. The molecule has 0 aliphatic heterocycles. The molecule has 0 bridgehead atoms. The summed E-state index contributed by atoms with van der Waals surface area (Å²) in [6.07, 6.45) is 0.517. The highest BCUT2D eigenvalue weighted by Crippen LogP contribution is 2.49. The second kappa shape index (κ2) is 5.44. The first kappa shape index (κ1) is 13.0. The van der Waals surface area contributed by atoms with E-state index in [0.29, 0.717) is 19.5 Å². The van der Waals surface area contributed by atoms with Crippen LogP contribution in [0.2, 0.25) is 0 Å². The van der Waals surface area contributed by atoms with Crippen LogP contribution in [-0.4, -0.2) is 26.0 Å². The fraction of sp³-hybridized carbons (Fsp3) is 0.462. The lowest BCUT2D eigenvalue weighted by Crippen LogP contribution is -2.31. The number of carbonyl (C=O) groups is 1. The number of hydrogen-bond donors (Lipinski definition) is 2. The average Bonchev–Trinajstić information content (AvgIpc) is 3.09. The smallest absolute Gasteiger partial charge is 0.223 e. The van der Waals surface area contributed by atoms with Crippen LogP contribution in [0, 0.1) is 17.6 Å². The molecule has 2 unspecified atom stereocenters. The molecule has 98 valence electrons. The zero-order valence-corrected chi connectivity index (χ0v) is 10.2. The number of nitrogens with one attached hydrogen (secondary N) is 2. The maximum atomic E-state index is 13.5. The van der Waals surface area contributed by atoms with Crippen LogP contribution in [0.25, 0.3) is 0 Å². The van der Waals surface area contributed by atoms with Gasteiger partial charge in [0.1, 0.15) is 11.6 Å². The molecular weight excluding hydrogens is 238 g/mol. The Balaban J connectivity index is 1.96. The van der Waals surface area contributed by atoms with Gasteiger partial charge in [-0.25, -0.2) is 8.78 Å². The van der Waals surface area contributed by atoms with Crippen LogP contribution in [0.5, 0.6) is 0 Å². The third-order valence-electron chi connectivity index (χ3n) is 3.17. The molecule has 2 atom stereocenters. The highest BCUT2D eigenvalue weighted by molar-refractivity contribution is 5.82. The molecule has 0 saturated heterocycles. The molecule has 1 aromatic rings. The lowest BCUT2D eigenvalue weighted by molar-refractivity contribution is -0.122. The molecule has 0 heterocycles. The van der Waals surface area contributed by atoms with Gasteiger partial charge in [-0.1, -0.05) is 6.07 Å². The molecule has 1 amide bonds. The second-order valence-electron chi connectivity index (χ2n) is 4.48. The molecule has 18 heavy (non-hydrogen) atoms. The number of hydrogen-bond acceptors (Lipinski definition) is 2. The van der Waals surface area contributed by atoms with E-state index in [1.54, 1.807) is 7.05 Å². The van der Waals surface area contributed by atoms with Crippen LogP contribution < -0.4 is 10.6 Å². The number of carbonyl (C=O) groups excluding carboxylic acids is 1. The number of likely N-dealkylation sites (N-methyl/N-ethyl adjacent to an activating group) is 1. The van der Waals surface area contributed by atoms with Crippen LogP contribution >= 0.6 is 0 Å². The maximum absolute atomic E-state index is 13.5. The fourth-order valence-electron chi connectivity index (χ4n) is 2.11. The van der Waals surface area contributed by atoms with Crippen LogP contribution in [0.1, 0.15) is 17.9 Å². The molecule has 1 aliphatic carbocycles. The van der Waals surface area contributed by atoms with Gasteiger partial charge in [0, 0.05) is 30.5 Å². The minimum Gasteiger partial charge on any atom is -0.355 e. The van der Waals surface area contributed by atoms with Gasteiger partial charge >= 0.3 is 0 Å². The van der Waals surface area contributed by atoms with E-state index in [9.17, 15) is 13.6 Å². The molecule has 1 aliphatic rings. The average molecular weight is 254 g/mol. The fourth-order valence-corrected chi connectivity index (χ4v) is 2.11. The molecule has 0 aromatic heterocycles. The zero-order chi connectivity index (χ0) is 13.1. The summed E-state index contributed by atoms with van der Waals surface area (Å²) in [4.78, 5) is 11.7. The highest BCUT2D eigenvalue weighted by Gasteiger charge is 2.46. The van der Waals surface area contributed by atoms with Crippen molar-refractivity contribution >= 4 is 5.91 Å². The van der Waals surface area contributed by atoms with Gasteiger partial charge in [-0.05, 0) is 25.6 Å². The predicted octanol–water partition coefficient (Wildman–Crippen LogP) is 1.40. The van der Waals surface area contributed by atoms with E-state index in [-0.39, 0.29) is 23.3 Å². The normalized spacial score (nSPS) is 21.7. The van der Waals surface area contributed by atoms with Gasteiger partial charge in [0.05, 0.1) is 0 Å². The van der Waals surface area contributed by atoms with Crippen molar-refractivity contribution < 1.29 is 13.6 Å². The topological polar surface area (TPSA) is 41.1 Å². The number of rotatable bonds is 5. The quantitative estimate of drug-likeness (QED) is 0.780. The van der Waals surface area contributed by atoms with E-state index in [2.05, 4.69) is 10.6 Å². The number of halogens is 2. The van der Waals surface area contributed by atoms with Crippen molar-refractivity contribution in [1.29, 1.82) is 0 Å². The monoisotopic (exact) mass is 254 g/mol. The van der Waals surface area contributed by atoms with Gasteiger partial charge in [0.2, 0.25) is 5.91 Å². The van der Waals surface area contributed by atoms with Gasteiger partial charge in [0.25, 0.3) is 0 Å². The summed E-state index contributed by atoms with van der Waals surface area (Å²) in [6.45, 7) is 1.20. The first-order valence-electron chi connectivity index (χ1n) is 6.01.